The van der Waals surface area contributed by atoms with E-state index in [1.165, 1.54) is 0 Å². The van der Waals surface area contributed by atoms with E-state index in [0.717, 1.165) is 11.3 Å². The van der Waals surface area contributed by atoms with Crippen LogP contribution in [0.2, 0.25) is 0 Å². The standard InChI is InChI=1S/C3H5ClN4O3S/c4-12(10,11)8-3(2-9)1-7(5)6-8/h1-2,6H,5H2. The molecule has 1 aliphatic heterocycles. The van der Waals surface area contributed by atoms with E-state index in [-0.39, 0.29) is 5.70 Å². The maximum Gasteiger partial charge on any atom is 0.336 e. The van der Waals surface area contributed by atoms with E-state index in [1.807, 2.05) is 0 Å². The first-order valence-electron chi connectivity index (χ1n) is 2.67. The number of rotatable bonds is 2. The predicted molar refractivity (Wildman–Crippen MR) is 39.9 cm³/mol. The third-order valence-corrected chi connectivity index (χ3v) is 2.19. The summed E-state index contributed by atoms with van der Waals surface area (Å²) in [5.41, 5.74) is 1.91. The molecule has 1 aliphatic rings. The van der Waals surface area contributed by atoms with E-state index in [1.54, 1.807) is 0 Å². The van der Waals surface area contributed by atoms with Crippen LogP contribution in [0.5, 0.6) is 0 Å². The van der Waals surface area contributed by atoms with Crippen molar-refractivity contribution in [1.29, 1.82) is 0 Å². The zero-order valence-electron chi connectivity index (χ0n) is 5.64. The van der Waals surface area contributed by atoms with Crippen LogP contribution < -0.4 is 11.4 Å². The molecule has 0 aromatic heterocycles. The average molecular weight is 213 g/mol. The summed E-state index contributed by atoms with van der Waals surface area (Å²) in [5, 5.41) is 0.795. The van der Waals surface area contributed by atoms with Gasteiger partial charge in [-0.3, -0.25) is 4.79 Å². The number of hydrogen-bond acceptors (Lipinski definition) is 6. The Bertz CT molecular complexity index is 324. The highest BCUT2D eigenvalue weighted by Crippen LogP contribution is 2.14. The molecule has 0 amide bonds. The molecule has 0 unspecified atom stereocenters. The minimum absolute atomic E-state index is 0.187. The highest BCUT2D eigenvalue weighted by atomic mass is 35.7. The fourth-order valence-corrected chi connectivity index (χ4v) is 1.50. The minimum Gasteiger partial charge on any atom is -0.296 e. The summed E-state index contributed by atoms with van der Waals surface area (Å²) in [7, 11) is 0.908. The molecule has 1 rings (SSSR count). The molecule has 68 valence electrons. The Morgan fingerprint density at radius 3 is 2.58 bits per heavy atom. The molecule has 0 aromatic carbocycles. The van der Waals surface area contributed by atoms with Crippen LogP contribution in [0.4, 0.5) is 0 Å². The van der Waals surface area contributed by atoms with Crippen molar-refractivity contribution in [1.82, 2.24) is 15.1 Å². The quantitative estimate of drug-likeness (QED) is 0.326. The number of nitrogens with zero attached hydrogens (tertiary/aromatic N) is 2. The minimum atomic E-state index is -4.02. The van der Waals surface area contributed by atoms with Gasteiger partial charge in [0.25, 0.3) is 0 Å². The molecule has 3 N–H and O–H groups in total. The van der Waals surface area contributed by atoms with Gasteiger partial charge in [0.2, 0.25) is 0 Å². The molecule has 12 heavy (non-hydrogen) atoms. The fourth-order valence-electron chi connectivity index (χ4n) is 0.639. The largest absolute Gasteiger partial charge is 0.336 e. The van der Waals surface area contributed by atoms with Gasteiger partial charge in [0.05, 0.1) is 6.20 Å². The van der Waals surface area contributed by atoms with Crippen molar-refractivity contribution in [2.45, 2.75) is 0 Å². The van der Waals surface area contributed by atoms with Gasteiger partial charge < -0.3 is 0 Å². The van der Waals surface area contributed by atoms with Crippen molar-refractivity contribution in [3.8, 4) is 0 Å². The molecule has 0 saturated heterocycles. The number of carbonyl (C=O) groups is 1. The Balaban J connectivity index is 2.98. The first-order chi connectivity index (χ1) is 5.45. The molecule has 9 heteroatoms. The van der Waals surface area contributed by atoms with E-state index in [9.17, 15) is 13.2 Å². The van der Waals surface area contributed by atoms with E-state index >= 15 is 0 Å². The molecule has 0 spiro atoms. The zero-order valence-corrected chi connectivity index (χ0v) is 7.21. The molecular formula is C3H5ClN4O3S. The highest BCUT2D eigenvalue weighted by Gasteiger charge is 2.28. The van der Waals surface area contributed by atoms with Crippen molar-refractivity contribution in [2.24, 2.45) is 5.84 Å². The summed E-state index contributed by atoms with van der Waals surface area (Å²) in [4.78, 5) is 10.3. The number of hydrazine groups is 3. The Morgan fingerprint density at radius 1 is 1.67 bits per heavy atom. The fraction of sp³-hybridized carbons (Fsp3) is 0. The highest BCUT2D eigenvalue weighted by molar-refractivity contribution is 8.11. The van der Waals surface area contributed by atoms with Gasteiger partial charge in [0.1, 0.15) is 5.70 Å². The van der Waals surface area contributed by atoms with Crippen molar-refractivity contribution < 1.29 is 13.2 Å². The number of carbonyl (C=O) groups excluding carboxylic acids is 1. The Hall–Kier alpha value is -0.830. The maximum atomic E-state index is 10.7. The number of allylic oxidation sites excluding steroid dienone is 1. The van der Waals surface area contributed by atoms with Gasteiger partial charge in [-0.05, 0) is 0 Å². The van der Waals surface area contributed by atoms with E-state index in [2.05, 4.69) is 5.53 Å². The normalized spacial score (nSPS) is 18.0. The molecule has 7 nitrogen and oxygen atoms in total. The molecule has 0 saturated carbocycles. The van der Waals surface area contributed by atoms with Crippen LogP contribution in [0.15, 0.2) is 11.9 Å². The van der Waals surface area contributed by atoms with Gasteiger partial charge in [-0.2, -0.15) is 12.8 Å². The molecular weight excluding hydrogens is 208 g/mol. The molecule has 0 radical (unpaired) electrons. The van der Waals surface area contributed by atoms with Crippen molar-refractivity contribution in [2.75, 3.05) is 0 Å². The number of aldehydes is 1. The van der Waals surface area contributed by atoms with Crippen molar-refractivity contribution in [3.05, 3.63) is 11.9 Å². The summed E-state index contributed by atoms with van der Waals surface area (Å²) >= 11 is 0. The number of halogens is 1. The van der Waals surface area contributed by atoms with Crippen LogP contribution in [0.1, 0.15) is 0 Å². The van der Waals surface area contributed by atoms with Gasteiger partial charge in [-0.25, -0.2) is 11.0 Å². The maximum absolute atomic E-state index is 10.7. The van der Waals surface area contributed by atoms with Crippen molar-refractivity contribution >= 4 is 26.2 Å². The van der Waals surface area contributed by atoms with E-state index in [4.69, 9.17) is 16.5 Å². The lowest BCUT2D eigenvalue weighted by Gasteiger charge is -2.15. The lowest BCUT2D eigenvalue weighted by atomic mass is 10.5. The van der Waals surface area contributed by atoms with Crippen LogP contribution in [-0.4, -0.2) is 24.2 Å². The summed E-state index contributed by atoms with van der Waals surface area (Å²) in [5.74, 6) is 5.11. The van der Waals surface area contributed by atoms with Gasteiger partial charge in [-0.1, -0.05) is 0 Å². The third-order valence-electron chi connectivity index (χ3n) is 1.05. The zero-order chi connectivity index (χ0) is 9.35. The van der Waals surface area contributed by atoms with Crippen LogP contribution >= 0.6 is 10.7 Å². The lowest BCUT2D eigenvalue weighted by Crippen LogP contribution is -2.45. The average Bonchev–Trinajstić information content (AvgIpc) is 2.29. The monoisotopic (exact) mass is 212 g/mol. The van der Waals surface area contributed by atoms with E-state index < -0.39 is 9.24 Å². The SMILES string of the molecule is NN1C=C(C=O)N(S(=O)(=O)Cl)N1. The molecule has 1 heterocycles. The summed E-state index contributed by atoms with van der Waals surface area (Å²) in [6.07, 6.45) is 1.38. The van der Waals surface area contributed by atoms with Crippen LogP contribution in [0, 0.1) is 0 Å². The Kier molecular flexibility index (Phi) is 2.24. The summed E-state index contributed by atoms with van der Waals surface area (Å²) in [6.45, 7) is 0. The van der Waals surface area contributed by atoms with Gasteiger partial charge >= 0.3 is 9.24 Å². The number of hydrogen-bond donors (Lipinski definition) is 2. The number of nitrogens with one attached hydrogen (secondary N) is 1. The number of nitrogens with two attached hydrogens (primary N) is 1. The van der Waals surface area contributed by atoms with Crippen LogP contribution in [-0.2, 0) is 14.0 Å². The second-order valence-electron chi connectivity index (χ2n) is 1.89. The third kappa shape index (κ3) is 1.67. The first-order valence-corrected chi connectivity index (χ1v) is 4.94. The smallest absolute Gasteiger partial charge is 0.296 e. The summed E-state index contributed by atoms with van der Waals surface area (Å²) < 4.78 is 21.8. The Morgan fingerprint density at radius 2 is 2.25 bits per heavy atom. The van der Waals surface area contributed by atoms with Crippen LogP contribution in [0.25, 0.3) is 0 Å². The molecule has 0 aliphatic carbocycles. The molecule has 0 fully saturated rings. The second kappa shape index (κ2) is 2.90. The topological polar surface area (TPSA) is 95.7 Å². The Labute approximate surface area is 72.8 Å². The molecule has 0 atom stereocenters. The lowest BCUT2D eigenvalue weighted by molar-refractivity contribution is -0.105. The van der Waals surface area contributed by atoms with Crippen molar-refractivity contribution in [3.63, 3.8) is 0 Å². The second-order valence-corrected chi connectivity index (χ2v) is 4.24. The van der Waals surface area contributed by atoms with E-state index in [0.29, 0.717) is 10.7 Å². The summed E-state index contributed by atoms with van der Waals surface area (Å²) in [6, 6.07) is 0. The predicted octanol–water partition coefficient (Wildman–Crippen LogP) is -1.58. The van der Waals surface area contributed by atoms with Gasteiger partial charge in [-0.15, -0.1) is 5.53 Å². The molecule has 0 bridgehead atoms. The first kappa shape index (κ1) is 9.26. The van der Waals surface area contributed by atoms with Gasteiger partial charge in [0.15, 0.2) is 6.29 Å². The van der Waals surface area contributed by atoms with Crippen LogP contribution in [0.3, 0.4) is 0 Å². The molecule has 0 aromatic rings. The van der Waals surface area contributed by atoms with Gasteiger partial charge in [0, 0.05) is 10.7 Å².